The van der Waals surface area contributed by atoms with Crippen molar-refractivity contribution >= 4 is 17.1 Å². The van der Waals surface area contributed by atoms with Gasteiger partial charge in [0.15, 0.2) is 0 Å². The second kappa shape index (κ2) is 16.7. The molecule has 3 aromatic carbocycles. The van der Waals surface area contributed by atoms with E-state index in [4.69, 9.17) is 18.9 Å². The Kier molecular flexibility index (Phi) is 12.9. The molecule has 0 unspecified atom stereocenters. The number of ether oxygens (including phenoxy) is 4. The highest BCUT2D eigenvalue weighted by Gasteiger charge is 2.13. The number of hydrogen-bond acceptors (Lipinski definition) is 5. The molecule has 0 atom stereocenters. The summed E-state index contributed by atoms with van der Waals surface area (Å²) in [4.78, 5) is 2.26. The number of anilines is 3. The van der Waals surface area contributed by atoms with Crippen LogP contribution in [0.2, 0.25) is 0 Å². The molecule has 0 aliphatic rings. The van der Waals surface area contributed by atoms with Gasteiger partial charge in [-0.25, -0.2) is 0 Å². The molecule has 5 nitrogen and oxygen atoms in total. The Bertz CT molecular complexity index is 933. The Labute approximate surface area is 223 Å². The van der Waals surface area contributed by atoms with Gasteiger partial charge in [0.05, 0.1) is 13.2 Å². The number of methoxy groups -OCH3 is 2. The van der Waals surface area contributed by atoms with Crippen molar-refractivity contribution in [3.63, 3.8) is 0 Å². The molecule has 37 heavy (non-hydrogen) atoms. The van der Waals surface area contributed by atoms with Gasteiger partial charge in [-0.15, -0.1) is 0 Å². The first-order chi connectivity index (χ1) is 18.2. The molecule has 0 fully saturated rings. The Balaban J connectivity index is 1.74. The van der Waals surface area contributed by atoms with E-state index in [2.05, 4.69) is 60.4 Å². The van der Waals surface area contributed by atoms with Gasteiger partial charge in [0, 0.05) is 31.3 Å². The molecule has 5 heteroatoms. The molecule has 0 amide bonds. The van der Waals surface area contributed by atoms with Crippen LogP contribution in [0.25, 0.3) is 0 Å². The molecule has 0 N–H and O–H groups in total. The zero-order valence-electron chi connectivity index (χ0n) is 22.8. The van der Waals surface area contributed by atoms with Gasteiger partial charge in [0.2, 0.25) is 0 Å². The van der Waals surface area contributed by atoms with Crippen LogP contribution < -0.4 is 14.4 Å². The van der Waals surface area contributed by atoms with E-state index in [1.54, 1.807) is 14.2 Å². The zero-order chi connectivity index (χ0) is 26.1. The predicted molar refractivity (Wildman–Crippen MR) is 153 cm³/mol. The van der Waals surface area contributed by atoms with Crippen LogP contribution in [-0.2, 0) is 15.9 Å². The van der Waals surface area contributed by atoms with E-state index in [0.717, 1.165) is 35.0 Å². The van der Waals surface area contributed by atoms with Crippen molar-refractivity contribution in [1.29, 1.82) is 0 Å². The van der Waals surface area contributed by atoms with Crippen molar-refractivity contribution in [2.24, 2.45) is 0 Å². The number of hydrogen-bond donors (Lipinski definition) is 0. The third-order valence-corrected chi connectivity index (χ3v) is 6.32. The number of benzene rings is 3. The minimum atomic E-state index is 0.532. The highest BCUT2D eigenvalue weighted by atomic mass is 16.5. The third kappa shape index (κ3) is 9.75. The van der Waals surface area contributed by atoms with Crippen LogP contribution >= 0.6 is 0 Å². The first kappa shape index (κ1) is 28.5. The van der Waals surface area contributed by atoms with Crippen molar-refractivity contribution in [3.05, 3.63) is 78.4 Å². The molecule has 0 saturated heterocycles. The normalized spacial score (nSPS) is 10.9. The van der Waals surface area contributed by atoms with E-state index in [9.17, 15) is 0 Å². The highest BCUT2D eigenvalue weighted by molar-refractivity contribution is 5.77. The molecule has 200 valence electrons. The van der Waals surface area contributed by atoms with Gasteiger partial charge in [-0.2, -0.15) is 0 Å². The van der Waals surface area contributed by atoms with Crippen LogP contribution in [0.5, 0.6) is 11.5 Å². The SMILES string of the molecule is CCCCCCCCc1ccc(N(c2ccc(OCCOC)cc2)c2ccc(OCCOC)cc2)cc1. The maximum Gasteiger partial charge on any atom is 0.119 e. The van der Waals surface area contributed by atoms with Gasteiger partial charge in [0.25, 0.3) is 0 Å². The van der Waals surface area contributed by atoms with Gasteiger partial charge in [-0.1, -0.05) is 51.2 Å². The molecular weight excluding hydrogens is 462 g/mol. The van der Waals surface area contributed by atoms with Gasteiger partial charge >= 0.3 is 0 Å². The average molecular weight is 506 g/mol. The van der Waals surface area contributed by atoms with Gasteiger partial charge in [0.1, 0.15) is 24.7 Å². The lowest BCUT2D eigenvalue weighted by molar-refractivity contribution is 0.146. The van der Waals surface area contributed by atoms with E-state index in [0.29, 0.717) is 26.4 Å². The topological polar surface area (TPSA) is 40.2 Å². The summed E-state index contributed by atoms with van der Waals surface area (Å²) in [6.07, 6.45) is 9.05. The van der Waals surface area contributed by atoms with Gasteiger partial charge < -0.3 is 23.8 Å². The fourth-order valence-electron chi connectivity index (χ4n) is 4.24. The second-order valence-corrected chi connectivity index (χ2v) is 9.19. The first-order valence-electron chi connectivity index (χ1n) is 13.6. The van der Waals surface area contributed by atoms with Crippen LogP contribution in [-0.4, -0.2) is 40.6 Å². The fraction of sp³-hybridized carbons (Fsp3) is 0.438. The molecule has 0 spiro atoms. The number of nitrogens with zero attached hydrogens (tertiary/aromatic N) is 1. The maximum absolute atomic E-state index is 5.77. The van der Waals surface area contributed by atoms with Crippen LogP contribution in [0.4, 0.5) is 17.1 Å². The summed E-state index contributed by atoms with van der Waals surface area (Å²) < 4.78 is 21.7. The summed E-state index contributed by atoms with van der Waals surface area (Å²) >= 11 is 0. The minimum absolute atomic E-state index is 0.532. The number of rotatable bonds is 18. The van der Waals surface area contributed by atoms with Crippen molar-refractivity contribution in [2.45, 2.75) is 51.9 Å². The zero-order valence-corrected chi connectivity index (χ0v) is 22.8. The maximum atomic E-state index is 5.77. The molecule has 0 saturated carbocycles. The Morgan fingerprint density at radius 3 is 1.41 bits per heavy atom. The highest BCUT2D eigenvalue weighted by Crippen LogP contribution is 2.36. The fourth-order valence-corrected chi connectivity index (χ4v) is 4.24. The van der Waals surface area contributed by atoms with Crippen LogP contribution in [0.3, 0.4) is 0 Å². The predicted octanol–water partition coefficient (Wildman–Crippen LogP) is 8.11. The third-order valence-electron chi connectivity index (χ3n) is 6.32. The van der Waals surface area contributed by atoms with Crippen molar-refractivity contribution in [3.8, 4) is 11.5 Å². The summed E-state index contributed by atoms with van der Waals surface area (Å²) in [6, 6.07) is 25.4. The molecular formula is C32H43NO4. The summed E-state index contributed by atoms with van der Waals surface area (Å²) in [6.45, 7) is 4.46. The molecule has 0 aliphatic carbocycles. The lowest BCUT2D eigenvalue weighted by atomic mass is 10.0. The van der Waals surface area contributed by atoms with Crippen molar-refractivity contribution < 1.29 is 18.9 Å². The Hall–Kier alpha value is -3.02. The quantitative estimate of drug-likeness (QED) is 0.163. The summed E-state index contributed by atoms with van der Waals surface area (Å²) in [5.74, 6) is 1.66. The summed E-state index contributed by atoms with van der Waals surface area (Å²) in [7, 11) is 3.36. The summed E-state index contributed by atoms with van der Waals surface area (Å²) in [5.41, 5.74) is 4.64. The molecule has 0 aliphatic heterocycles. The van der Waals surface area contributed by atoms with Crippen LogP contribution in [0.1, 0.15) is 51.0 Å². The Morgan fingerprint density at radius 2 is 0.946 bits per heavy atom. The van der Waals surface area contributed by atoms with E-state index in [-0.39, 0.29) is 0 Å². The standard InChI is InChI=1S/C32H43NO4/c1-4-5-6-7-8-9-10-27-11-13-28(14-12-27)33(29-15-19-31(20-16-29)36-25-23-34-2)30-17-21-32(22-18-30)37-26-24-35-3/h11-22H,4-10,23-26H2,1-3H3. The van der Waals surface area contributed by atoms with E-state index >= 15 is 0 Å². The lowest BCUT2D eigenvalue weighted by Crippen LogP contribution is -2.10. The molecule has 0 radical (unpaired) electrons. The smallest absolute Gasteiger partial charge is 0.119 e. The Morgan fingerprint density at radius 1 is 0.514 bits per heavy atom. The molecule has 0 heterocycles. The van der Waals surface area contributed by atoms with Crippen molar-refractivity contribution in [2.75, 3.05) is 45.5 Å². The van der Waals surface area contributed by atoms with Gasteiger partial charge in [-0.05, 0) is 79.1 Å². The van der Waals surface area contributed by atoms with Gasteiger partial charge in [-0.3, -0.25) is 0 Å². The largest absolute Gasteiger partial charge is 0.491 e. The van der Waals surface area contributed by atoms with Crippen molar-refractivity contribution in [1.82, 2.24) is 0 Å². The average Bonchev–Trinajstić information content (AvgIpc) is 2.93. The molecule has 0 aromatic heterocycles. The minimum Gasteiger partial charge on any atom is -0.491 e. The summed E-state index contributed by atoms with van der Waals surface area (Å²) in [5, 5.41) is 0. The molecule has 3 aromatic rings. The number of unbranched alkanes of at least 4 members (excludes halogenated alkanes) is 5. The van der Waals surface area contributed by atoms with E-state index in [1.807, 2.05) is 24.3 Å². The first-order valence-corrected chi connectivity index (χ1v) is 13.6. The molecule has 0 bridgehead atoms. The van der Waals surface area contributed by atoms with E-state index in [1.165, 1.54) is 44.1 Å². The van der Waals surface area contributed by atoms with Crippen LogP contribution in [0.15, 0.2) is 72.8 Å². The molecule has 3 rings (SSSR count). The van der Waals surface area contributed by atoms with Crippen LogP contribution in [0, 0.1) is 0 Å². The monoisotopic (exact) mass is 505 g/mol. The lowest BCUT2D eigenvalue weighted by Gasteiger charge is -2.26. The van der Waals surface area contributed by atoms with E-state index < -0.39 is 0 Å². The second-order valence-electron chi connectivity index (χ2n) is 9.19. The number of aryl methyl sites for hydroxylation is 1.